The Bertz CT molecular complexity index is 1340. The lowest BCUT2D eigenvalue weighted by atomic mass is 9.35. The first-order valence-corrected chi connectivity index (χ1v) is 15.0. The highest BCUT2D eigenvalue weighted by molar-refractivity contribution is 6.02. The van der Waals surface area contributed by atoms with Crippen molar-refractivity contribution in [2.45, 2.75) is 122 Å². The van der Waals surface area contributed by atoms with E-state index in [1.54, 1.807) is 6.08 Å². The Morgan fingerprint density at radius 2 is 1.73 bits per heavy atom. The standard InChI is InChI=1S/C32H42F2N2O5/c1-25(2)10-12-31(36-24(39)30(7,33)34)13-11-27(4)21(17(31)15-25)18(37)14-20-26(27,3)9-8-19-28(20,5)23-32(16-35,41-23)22(38)29(19,6)40/h14,17,19,21,23,40H,8-13,15H2,1-7H3,(H,36,39)/t17-,19+,21-,23+,26+,27+,28-,29-,31-,32-/m0/s1. The third-order valence-corrected chi connectivity index (χ3v) is 13.2. The van der Waals surface area contributed by atoms with Gasteiger partial charge >= 0.3 is 5.92 Å². The van der Waals surface area contributed by atoms with Gasteiger partial charge in [-0.3, -0.25) is 14.4 Å². The fraction of sp³-hybridized carbons (Fsp3) is 0.812. The average molecular weight is 573 g/mol. The molecule has 5 aliphatic carbocycles. The smallest absolute Gasteiger partial charge is 0.321 e. The highest BCUT2D eigenvalue weighted by atomic mass is 19.3. The second-order valence-electron chi connectivity index (χ2n) is 15.9. The number of ether oxygens (including phenoxy) is 1. The summed E-state index contributed by atoms with van der Waals surface area (Å²) in [6.07, 6.45) is 5.02. The molecule has 4 saturated carbocycles. The Labute approximate surface area is 240 Å². The molecule has 2 N–H and O–H groups in total. The molecule has 0 bridgehead atoms. The fourth-order valence-corrected chi connectivity index (χ4v) is 10.7. The minimum absolute atomic E-state index is 0.106. The maximum Gasteiger partial charge on any atom is 0.321 e. The molecule has 5 fully saturated rings. The van der Waals surface area contributed by atoms with Gasteiger partial charge in [-0.25, -0.2) is 0 Å². The first-order chi connectivity index (χ1) is 18.7. The van der Waals surface area contributed by atoms with E-state index >= 15 is 0 Å². The lowest BCUT2D eigenvalue weighted by Crippen LogP contribution is -2.72. The van der Waals surface area contributed by atoms with Crippen molar-refractivity contribution >= 4 is 17.5 Å². The number of carbonyl (C=O) groups is 3. The van der Waals surface area contributed by atoms with Gasteiger partial charge in [0.05, 0.1) is 0 Å². The first kappa shape index (κ1) is 28.9. The van der Waals surface area contributed by atoms with Gasteiger partial charge in [-0.1, -0.05) is 40.2 Å². The van der Waals surface area contributed by atoms with Crippen LogP contribution in [-0.2, 0) is 19.1 Å². The predicted molar refractivity (Wildman–Crippen MR) is 144 cm³/mol. The molecule has 224 valence electrons. The van der Waals surface area contributed by atoms with Crippen LogP contribution in [0.25, 0.3) is 0 Å². The summed E-state index contributed by atoms with van der Waals surface area (Å²) in [6.45, 7) is 12.6. The van der Waals surface area contributed by atoms with E-state index in [1.807, 2.05) is 13.0 Å². The number of allylic oxidation sites excluding steroid dienone is 1. The van der Waals surface area contributed by atoms with Crippen molar-refractivity contribution in [3.8, 4) is 6.07 Å². The summed E-state index contributed by atoms with van der Waals surface area (Å²) in [6, 6.07) is 2.04. The molecule has 0 unspecified atom stereocenters. The fourth-order valence-electron chi connectivity index (χ4n) is 10.7. The number of halogens is 2. The van der Waals surface area contributed by atoms with E-state index in [2.05, 4.69) is 33.0 Å². The molecular formula is C32H42F2N2O5. The molecule has 0 aromatic rings. The highest BCUT2D eigenvalue weighted by Gasteiger charge is 2.83. The van der Waals surface area contributed by atoms with E-state index in [-0.39, 0.29) is 17.1 Å². The molecule has 6 aliphatic rings. The third-order valence-electron chi connectivity index (χ3n) is 13.2. The van der Waals surface area contributed by atoms with Crippen molar-refractivity contribution < 1.29 is 33.0 Å². The quantitative estimate of drug-likeness (QED) is 0.465. The topological polar surface area (TPSA) is 120 Å². The van der Waals surface area contributed by atoms with Crippen LogP contribution in [-0.4, -0.2) is 51.3 Å². The van der Waals surface area contributed by atoms with E-state index in [0.29, 0.717) is 45.4 Å². The Hall–Kier alpha value is -2.18. The maximum atomic E-state index is 14.5. The SMILES string of the molecule is CC1(C)CC[C@]2(NC(=O)C(C)(F)F)CC[C@]3(C)[C@H](C(=O)C=C4[C@@]5(C)[C@H]6O[C@@]6(C#N)C(=O)[C@@](C)(O)[C@@H]5CC[C@]43C)[C@@H]2C1. The third kappa shape index (κ3) is 3.32. The van der Waals surface area contributed by atoms with E-state index in [4.69, 9.17) is 4.74 Å². The van der Waals surface area contributed by atoms with Gasteiger partial charge in [0, 0.05) is 29.7 Å². The molecule has 1 aliphatic heterocycles. The summed E-state index contributed by atoms with van der Waals surface area (Å²) < 4.78 is 34.2. The molecule has 41 heavy (non-hydrogen) atoms. The number of ketones is 2. The number of rotatable bonds is 2. The number of amides is 1. The zero-order valence-corrected chi connectivity index (χ0v) is 25.1. The van der Waals surface area contributed by atoms with Gasteiger partial charge in [-0.2, -0.15) is 14.0 Å². The summed E-state index contributed by atoms with van der Waals surface area (Å²) in [5, 5.41) is 24.3. The Morgan fingerprint density at radius 1 is 1.10 bits per heavy atom. The van der Waals surface area contributed by atoms with Crippen LogP contribution in [0.5, 0.6) is 0 Å². The molecule has 1 amide bonds. The molecule has 9 heteroatoms. The lowest BCUT2D eigenvalue weighted by molar-refractivity contribution is -0.178. The van der Waals surface area contributed by atoms with Crippen LogP contribution in [0, 0.1) is 50.7 Å². The Morgan fingerprint density at radius 3 is 2.34 bits per heavy atom. The number of aliphatic hydroxyl groups is 1. The second-order valence-corrected chi connectivity index (χ2v) is 15.9. The van der Waals surface area contributed by atoms with Crippen LogP contribution in [0.3, 0.4) is 0 Å². The Kier molecular flexibility index (Phi) is 5.54. The number of epoxide rings is 1. The summed E-state index contributed by atoms with van der Waals surface area (Å²) >= 11 is 0. The molecule has 10 atom stereocenters. The van der Waals surface area contributed by atoms with Gasteiger partial charge in [0.25, 0.3) is 5.91 Å². The van der Waals surface area contributed by atoms with Crippen LogP contribution in [0.2, 0.25) is 0 Å². The summed E-state index contributed by atoms with van der Waals surface area (Å²) in [5.41, 5.74) is -5.73. The molecule has 0 spiro atoms. The molecule has 1 saturated heterocycles. The minimum atomic E-state index is -3.53. The molecule has 0 aromatic carbocycles. The molecule has 0 aromatic heterocycles. The monoisotopic (exact) mass is 572 g/mol. The van der Waals surface area contributed by atoms with Gasteiger partial charge in [0.1, 0.15) is 17.8 Å². The van der Waals surface area contributed by atoms with Crippen molar-refractivity contribution in [3.63, 3.8) is 0 Å². The lowest BCUT2D eigenvalue weighted by Gasteiger charge is -2.69. The van der Waals surface area contributed by atoms with E-state index in [1.165, 1.54) is 6.92 Å². The van der Waals surface area contributed by atoms with Crippen molar-refractivity contribution in [2.24, 2.45) is 39.4 Å². The van der Waals surface area contributed by atoms with Gasteiger partial charge in [0.2, 0.25) is 11.4 Å². The van der Waals surface area contributed by atoms with Gasteiger partial charge < -0.3 is 15.2 Å². The van der Waals surface area contributed by atoms with Crippen LogP contribution in [0.15, 0.2) is 11.6 Å². The summed E-state index contributed by atoms with van der Waals surface area (Å²) in [7, 11) is 0. The number of alkyl halides is 2. The second kappa shape index (κ2) is 7.85. The molecule has 7 nitrogen and oxygen atoms in total. The minimum Gasteiger partial charge on any atom is -0.382 e. The van der Waals surface area contributed by atoms with Crippen molar-refractivity contribution in [2.75, 3.05) is 0 Å². The Balaban J connectivity index is 1.49. The molecule has 0 radical (unpaired) electrons. The normalized spacial score (nSPS) is 51.5. The van der Waals surface area contributed by atoms with Crippen molar-refractivity contribution in [3.05, 3.63) is 11.6 Å². The van der Waals surface area contributed by atoms with Crippen LogP contribution in [0.4, 0.5) is 8.78 Å². The number of hydrogen-bond donors (Lipinski definition) is 2. The largest absolute Gasteiger partial charge is 0.382 e. The predicted octanol–water partition coefficient (Wildman–Crippen LogP) is 4.67. The number of nitrogens with one attached hydrogen (secondary N) is 1. The molecular weight excluding hydrogens is 530 g/mol. The number of fused-ring (bicyclic) bond motifs is 9. The average Bonchev–Trinajstić information content (AvgIpc) is 3.62. The number of nitrogens with zero attached hydrogens (tertiary/aromatic N) is 1. The van der Waals surface area contributed by atoms with Gasteiger partial charge in [-0.05, 0) is 80.1 Å². The number of Topliss-reactive ketones (excluding diaryl/α,β-unsaturated/α-hetero) is 1. The van der Waals surface area contributed by atoms with Gasteiger partial charge in [0.15, 0.2) is 5.78 Å². The van der Waals surface area contributed by atoms with Crippen LogP contribution < -0.4 is 5.32 Å². The zero-order chi connectivity index (χ0) is 30.4. The maximum absolute atomic E-state index is 14.5. The molecule has 6 rings (SSSR count). The summed E-state index contributed by atoms with van der Waals surface area (Å²) in [4.78, 5) is 40.4. The summed E-state index contributed by atoms with van der Waals surface area (Å²) in [5.74, 6) is -6.87. The van der Waals surface area contributed by atoms with Crippen LogP contribution in [0.1, 0.15) is 93.4 Å². The van der Waals surface area contributed by atoms with Crippen molar-refractivity contribution in [1.29, 1.82) is 5.26 Å². The first-order valence-electron chi connectivity index (χ1n) is 15.0. The van der Waals surface area contributed by atoms with Gasteiger partial charge in [-0.15, -0.1) is 0 Å². The molecule has 1 heterocycles. The number of nitriles is 1. The zero-order valence-electron chi connectivity index (χ0n) is 25.1. The number of hydrogen-bond acceptors (Lipinski definition) is 6. The number of carbonyl (C=O) groups excluding carboxylic acids is 3. The van der Waals surface area contributed by atoms with Crippen LogP contribution >= 0.6 is 0 Å². The highest BCUT2D eigenvalue weighted by Crippen LogP contribution is 2.76. The van der Waals surface area contributed by atoms with E-state index in [0.717, 1.165) is 12.0 Å². The van der Waals surface area contributed by atoms with E-state index in [9.17, 15) is 33.5 Å². The van der Waals surface area contributed by atoms with Crippen molar-refractivity contribution in [1.82, 2.24) is 5.32 Å². The van der Waals surface area contributed by atoms with E-state index < -0.39 is 68.5 Å².